The number of benzene rings is 1. The SMILES string of the molecule is CC(=O)c1cccc(S(=O)(=O)N2C[C@H](C)C[C@@H](C)C2)c1. The maximum absolute atomic E-state index is 12.7. The molecule has 0 aliphatic carbocycles. The van der Waals surface area contributed by atoms with Crippen molar-refractivity contribution in [2.45, 2.75) is 32.1 Å². The minimum atomic E-state index is -3.50. The van der Waals surface area contributed by atoms with E-state index in [1.54, 1.807) is 22.5 Å². The van der Waals surface area contributed by atoms with Crippen LogP contribution in [0.2, 0.25) is 0 Å². The average Bonchev–Trinajstić information content (AvgIpc) is 2.37. The Bertz CT molecular complexity index is 599. The van der Waals surface area contributed by atoms with Crippen molar-refractivity contribution < 1.29 is 13.2 Å². The smallest absolute Gasteiger partial charge is 0.243 e. The standard InChI is InChI=1S/C15H21NO3S/c1-11-7-12(2)10-16(9-11)20(18,19)15-6-4-5-14(8-15)13(3)17/h4-6,8,11-12H,7,9-10H2,1-3H3/t11-,12-/m1/s1. The van der Waals surface area contributed by atoms with Gasteiger partial charge in [-0.25, -0.2) is 8.42 Å². The number of rotatable bonds is 3. The van der Waals surface area contributed by atoms with Gasteiger partial charge in [-0.05, 0) is 37.3 Å². The second kappa shape index (κ2) is 5.66. The molecule has 0 spiro atoms. The van der Waals surface area contributed by atoms with Crippen molar-refractivity contribution in [3.05, 3.63) is 29.8 Å². The molecule has 2 rings (SSSR count). The van der Waals surface area contributed by atoms with Crippen molar-refractivity contribution in [2.75, 3.05) is 13.1 Å². The Hall–Kier alpha value is -1.20. The first-order valence-corrected chi connectivity index (χ1v) is 8.36. The number of hydrogen-bond acceptors (Lipinski definition) is 3. The van der Waals surface area contributed by atoms with Crippen LogP contribution in [-0.2, 0) is 10.0 Å². The zero-order chi connectivity index (χ0) is 14.9. The van der Waals surface area contributed by atoms with E-state index in [0.29, 0.717) is 30.5 Å². The molecule has 0 radical (unpaired) electrons. The van der Waals surface area contributed by atoms with Crippen molar-refractivity contribution in [3.63, 3.8) is 0 Å². The summed E-state index contributed by atoms with van der Waals surface area (Å²) in [5.41, 5.74) is 0.434. The lowest BCUT2D eigenvalue weighted by Crippen LogP contribution is -2.42. The molecule has 0 amide bonds. The zero-order valence-corrected chi connectivity index (χ0v) is 13.0. The number of hydrogen-bond donors (Lipinski definition) is 0. The maximum atomic E-state index is 12.7. The van der Waals surface area contributed by atoms with E-state index in [2.05, 4.69) is 13.8 Å². The molecular weight excluding hydrogens is 274 g/mol. The normalized spacial score (nSPS) is 24.6. The fourth-order valence-electron chi connectivity index (χ4n) is 2.83. The zero-order valence-electron chi connectivity index (χ0n) is 12.2. The van der Waals surface area contributed by atoms with Crippen LogP contribution in [0, 0.1) is 11.8 Å². The fourth-order valence-corrected chi connectivity index (χ4v) is 4.55. The van der Waals surface area contributed by atoms with E-state index in [1.165, 1.54) is 13.0 Å². The Balaban J connectivity index is 2.34. The van der Waals surface area contributed by atoms with E-state index < -0.39 is 10.0 Å². The van der Waals surface area contributed by atoms with Crippen molar-refractivity contribution in [1.82, 2.24) is 4.31 Å². The first kappa shape index (κ1) is 15.2. The van der Waals surface area contributed by atoms with Gasteiger partial charge >= 0.3 is 0 Å². The lowest BCUT2D eigenvalue weighted by molar-refractivity contribution is 0.101. The van der Waals surface area contributed by atoms with E-state index in [1.807, 2.05) is 0 Å². The first-order valence-electron chi connectivity index (χ1n) is 6.92. The third-order valence-corrected chi connectivity index (χ3v) is 5.54. The van der Waals surface area contributed by atoms with Crippen molar-refractivity contribution >= 4 is 15.8 Å². The Kier molecular flexibility index (Phi) is 4.30. The summed E-state index contributed by atoms with van der Waals surface area (Å²) in [6.45, 7) is 6.69. The van der Waals surface area contributed by atoms with Crippen molar-refractivity contribution in [1.29, 1.82) is 0 Å². The number of carbonyl (C=O) groups is 1. The topological polar surface area (TPSA) is 54.5 Å². The molecule has 0 unspecified atom stereocenters. The molecule has 2 atom stereocenters. The molecule has 5 heteroatoms. The summed E-state index contributed by atoms with van der Waals surface area (Å²) in [7, 11) is -3.50. The van der Waals surface area contributed by atoms with Crippen LogP contribution in [0.15, 0.2) is 29.2 Å². The molecule has 1 aromatic carbocycles. The molecule has 0 aromatic heterocycles. The van der Waals surface area contributed by atoms with Crippen molar-refractivity contribution in [3.8, 4) is 0 Å². The largest absolute Gasteiger partial charge is 0.295 e. The highest BCUT2D eigenvalue weighted by atomic mass is 32.2. The number of Topliss-reactive ketones (excluding diaryl/α,β-unsaturated/α-hetero) is 1. The molecule has 4 nitrogen and oxygen atoms in total. The molecular formula is C15H21NO3S. The van der Waals surface area contributed by atoms with E-state index in [-0.39, 0.29) is 10.7 Å². The first-order chi connectivity index (χ1) is 9.30. The number of carbonyl (C=O) groups excluding carboxylic acids is 1. The highest BCUT2D eigenvalue weighted by molar-refractivity contribution is 7.89. The maximum Gasteiger partial charge on any atom is 0.243 e. The third kappa shape index (κ3) is 3.10. The summed E-state index contributed by atoms with van der Waals surface area (Å²) in [5, 5.41) is 0. The number of sulfonamides is 1. The summed E-state index contributed by atoms with van der Waals surface area (Å²) >= 11 is 0. The monoisotopic (exact) mass is 295 g/mol. The molecule has 1 aromatic rings. The lowest BCUT2D eigenvalue weighted by Gasteiger charge is -2.34. The van der Waals surface area contributed by atoms with Crippen LogP contribution in [-0.4, -0.2) is 31.6 Å². The second-order valence-corrected chi connectivity index (χ2v) is 7.79. The minimum absolute atomic E-state index is 0.123. The van der Waals surface area contributed by atoms with E-state index in [9.17, 15) is 13.2 Å². The average molecular weight is 295 g/mol. The van der Waals surface area contributed by atoms with Crippen LogP contribution in [0.5, 0.6) is 0 Å². The van der Waals surface area contributed by atoms with Gasteiger partial charge in [-0.15, -0.1) is 0 Å². The Morgan fingerprint density at radius 3 is 2.35 bits per heavy atom. The summed E-state index contributed by atoms with van der Waals surface area (Å²) < 4.78 is 26.9. The highest BCUT2D eigenvalue weighted by Crippen LogP contribution is 2.26. The molecule has 20 heavy (non-hydrogen) atoms. The van der Waals surface area contributed by atoms with Crippen LogP contribution in [0.4, 0.5) is 0 Å². The quantitative estimate of drug-likeness (QED) is 0.805. The molecule has 1 aliphatic heterocycles. The summed E-state index contributed by atoms with van der Waals surface area (Å²) in [5.74, 6) is 0.608. The minimum Gasteiger partial charge on any atom is -0.295 e. The number of piperidine rings is 1. The molecule has 0 N–H and O–H groups in total. The van der Waals surface area contributed by atoms with Gasteiger partial charge in [-0.2, -0.15) is 4.31 Å². The molecule has 110 valence electrons. The van der Waals surface area contributed by atoms with Gasteiger partial charge in [-0.1, -0.05) is 26.0 Å². The molecule has 1 aliphatic rings. The molecule has 1 fully saturated rings. The summed E-state index contributed by atoms with van der Waals surface area (Å²) in [6, 6.07) is 6.30. The Labute approximate surface area is 120 Å². The Morgan fingerprint density at radius 1 is 1.20 bits per heavy atom. The van der Waals surface area contributed by atoms with Crippen molar-refractivity contribution in [2.24, 2.45) is 11.8 Å². The van der Waals surface area contributed by atoms with E-state index >= 15 is 0 Å². The highest BCUT2D eigenvalue weighted by Gasteiger charge is 2.31. The summed E-state index contributed by atoms with van der Waals surface area (Å²) in [4.78, 5) is 11.6. The van der Waals surface area contributed by atoms with Gasteiger partial charge in [0.15, 0.2) is 5.78 Å². The van der Waals surface area contributed by atoms with Gasteiger partial charge in [0.1, 0.15) is 0 Å². The Morgan fingerprint density at radius 2 is 1.80 bits per heavy atom. The van der Waals surface area contributed by atoms with Gasteiger partial charge in [-0.3, -0.25) is 4.79 Å². The van der Waals surface area contributed by atoms with Gasteiger partial charge < -0.3 is 0 Å². The summed E-state index contributed by atoms with van der Waals surface area (Å²) in [6.07, 6.45) is 1.06. The van der Waals surface area contributed by atoms with Crippen LogP contribution in [0.25, 0.3) is 0 Å². The second-order valence-electron chi connectivity index (χ2n) is 5.85. The van der Waals surface area contributed by atoms with E-state index in [4.69, 9.17) is 0 Å². The van der Waals surface area contributed by atoms with Gasteiger partial charge in [0.2, 0.25) is 10.0 Å². The van der Waals surface area contributed by atoms with Gasteiger partial charge in [0.05, 0.1) is 4.90 Å². The predicted molar refractivity (Wildman–Crippen MR) is 78.2 cm³/mol. The van der Waals surface area contributed by atoms with Crippen LogP contribution in [0.1, 0.15) is 37.6 Å². The van der Waals surface area contributed by atoms with Crippen LogP contribution < -0.4 is 0 Å². The predicted octanol–water partition coefficient (Wildman–Crippen LogP) is 2.56. The van der Waals surface area contributed by atoms with Gasteiger partial charge in [0, 0.05) is 18.7 Å². The molecule has 1 heterocycles. The number of nitrogens with zero attached hydrogens (tertiary/aromatic N) is 1. The van der Waals surface area contributed by atoms with Crippen LogP contribution in [0.3, 0.4) is 0 Å². The molecule has 0 bridgehead atoms. The van der Waals surface area contributed by atoms with Crippen LogP contribution >= 0.6 is 0 Å². The molecule has 1 saturated heterocycles. The van der Waals surface area contributed by atoms with Gasteiger partial charge in [0.25, 0.3) is 0 Å². The number of ketones is 1. The third-order valence-electron chi connectivity index (χ3n) is 3.71. The lowest BCUT2D eigenvalue weighted by atomic mass is 9.94. The molecule has 0 saturated carbocycles. The fraction of sp³-hybridized carbons (Fsp3) is 0.533. The van der Waals surface area contributed by atoms with E-state index in [0.717, 1.165) is 6.42 Å².